The summed E-state index contributed by atoms with van der Waals surface area (Å²) < 4.78 is 1.86. The smallest absolute Gasteiger partial charge is 0.254 e. The third-order valence-corrected chi connectivity index (χ3v) is 3.87. The van der Waals surface area contributed by atoms with Crippen LogP contribution in [0.15, 0.2) is 17.5 Å². The van der Waals surface area contributed by atoms with Crippen LogP contribution in [0, 0.1) is 0 Å². The van der Waals surface area contributed by atoms with Crippen LogP contribution in [0.2, 0.25) is 0 Å². The van der Waals surface area contributed by atoms with Crippen LogP contribution >= 0.6 is 0 Å². The maximum Gasteiger partial charge on any atom is 0.254 e. The Bertz CT molecular complexity index is 515. The van der Waals surface area contributed by atoms with Crippen LogP contribution in [0.5, 0.6) is 0 Å². The van der Waals surface area contributed by atoms with Crippen molar-refractivity contribution in [3.05, 3.63) is 23.0 Å². The van der Waals surface area contributed by atoms with E-state index in [0.29, 0.717) is 11.4 Å². The van der Waals surface area contributed by atoms with Gasteiger partial charge < -0.3 is 11.1 Å². The van der Waals surface area contributed by atoms with E-state index in [0.717, 1.165) is 12.1 Å². The van der Waals surface area contributed by atoms with Gasteiger partial charge in [0.25, 0.3) is 5.91 Å². The number of nitrogens with two attached hydrogens (primary N) is 1. The second-order valence-corrected chi connectivity index (χ2v) is 4.69. The summed E-state index contributed by atoms with van der Waals surface area (Å²) in [4.78, 5) is 11.3. The standard InChI is InChI=1S/C12H18N4O/c1-5-12(4)7(2)8(3)15-11-9(10(13)17)6-14-16(11)12/h6,15H,5H2,1-4H3,(H2,13,17). The fourth-order valence-corrected chi connectivity index (χ4v) is 2.27. The maximum absolute atomic E-state index is 11.3. The molecule has 1 aliphatic heterocycles. The molecule has 0 saturated carbocycles. The van der Waals surface area contributed by atoms with Crippen molar-refractivity contribution in [3.63, 3.8) is 0 Å². The minimum Gasteiger partial charge on any atom is -0.365 e. The lowest BCUT2D eigenvalue weighted by molar-refractivity contribution is 0.100. The molecule has 1 unspecified atom stereocenters. The Morgan fingerprint density at radius 3 is 2.76 bits per heavy atom. The van der Waals surface area contributed by atoms with Crippen molar-refractivity contribution in [2.24, 2.45) is 5.73 Å². The average Bonchev–Trinajstić information content (AvgIpc) is 2.70. The molecule has 0 radical (unpaired) electrons. The van der Waals surface area contributed by atoms with Crippen molar-refractivity contribution in [2.45, 2.75) is 39.7 Å². The lowest BCUT2D eigenvalue weighted by Gasteiger charge is -2.37. The van der Waals surface area contributed by atoms with Gasteiger partial charge in [-0.1, -0.05) is 6.92 Å². The molecule has 1 amide bonds. The summed E-state index contributed by atoms with van der Waals surface area (Å²) >= 11 is 0. The Balaban J connectivity index is 2.66. The van der Waals surface area contributed by atoms with Crippen molar-refractivity contribution in [2.75, 3.05) is 5.32 Å². The summed E-state index contributed by atoms with van der Waals surface area (Å²) in [5.41, 5.74) is 7.88. The summed E-state index contributed by atoms with van der Waals surface area (Å²) in [5.74, 6) is 0.245. The van der Waals surface area contributed by atoms with Crippen molar-refractivity contribution >= 4 is 11.7 Å². The highest BCUT2D eigenvalue weighted by molar-refractivity contribution is 5.98. The lowest BCUT2D eigenvalue weighted by Crippen LogP contribution is -2.37. The van der Waals surface area contributed by atoms with E-state index in [2.05, 4.69) is 31.2 Å². The molecule has 0 bridgehead atoms. The van der Waals surface area contributed by atoms with Gasteiger partial charge in [-0.15, -0.1) is 0 Å². The minimum absolute atomic E-state index is 0.196. The molecular formula is C12H18N4O. The maximum atomic E-state index is 11.3. The van der Waals surface area contributed by atoms with Crippen molar-refractivity contribution in [3.8, 4) is 0 Å². The molecule has 5 heteroatoms. The Kier molecular flexibility index (Phi) is 2.49. The SMILES string of the molecule is CCC1(C)C(C)=C(C)Nc2c(C(N)=O)cnn21. The molecule has 0 aromatic carbocycles. The van der Waals surface area contributed by atoms with Crippen molar-refractivity contribution < 1.29 is 4.79 Å². The first kappa shape index (κ1) is 11.7. The number of carbonyl (C=O) groups excluding carboxylic acids is 1. The zero-order chi connectivity index (χ0) is 12.8. The van der Waals surface area contributed by atoms with Crippen molar-refractivity contribution in [1.29, 1.82) is 0 Å². The van der Waals surface area contributed by atoms with Gasteiger partial charge in [0.15, 0.2) is 0 Å². The second-order valence-electron chi connectivity index (χ2n) is 4.69. The molecule has 0 fully saturated rings. The first-order valence-corrected chi connectivity index (χ1v) is 5.75. The van der Waals surface area contributed by atoms with E-state index >= 15 is 0 Å². The molecule has 92 valence electrons. The van der Waals surface area contributed by atoms with Gasteiger partial charge in [0, 0.05) is 5.70 Å². The number of primary amides is 1. The molecular weight excluding hydrogens is 216 g/mol. The van der Waals surface area contributed by atoms with Gasteiger partial charge in [-0.3, -0.25) is 4.79 Å². The number of aromatic nitrogens is 2. The molecule has 2 heterocycles. The predicted octanol–water partition coefficient (Wildman–Crippen LogP) is 1.83. The lowest BCUT2D eigenvalue weighted by atomic mass is 9.87. The van der Waals surface area contributed by atoms with Crippen LogP contribution in [0.3, 0.4) is 0 Å². The molecule has 5 nitrogen and oxygen atoms in total. The number of carbonyl (C=O) groups is 1. The fraction of sp³-hybridized carbons (Fsp3) is 0.500. The van der Waals surface area contributed by atoms with Gasteiger partial charge in [-0.2, -0.15) is 5.10 Å². The molecule has 1 atom stereocenters. The third kappa shape index (κ3) is 1.45. The van der Waals surface area contributed by atoms with Crippen LogP contribution in [-0.4, -0.2) is 15.7 Å². The number of hydrogen-bond acceptors (Lipinski definition) is 3. The molecule has 1 aromatic heterocycles. The van der Waals surface area contributed by atoms with Gasteiger partial charge in [0.2, 0.25) is 0 Å². The van der Waals surface area contributed by atoms with Gasteiger partial charge in [-0.25, -0.2) is 4.68 Å². The van der Waals surface area contributed by atoms with Crippen LogP contribution in [-0.2, 0) is 5.54 Å². The monoisotopic (exact) mass is 234 g/mol. The molecule has 1 aromatic rings. The molecule has 0 saturated heterocycles. The summed E-state index contributed by atoms with van der Waals surface area (Å²) in [6.45, 7) is 8.32. The van der Waals surface area contributed by atoms with E-state index in [9.17, 15) is 4.79 Å². The Morgan fingerprint density at radius 2 is 2.24 bits per heavy atom. The Hall–Kier alpha value is -1.78. The Labute approximate surface area is 101 Å². The number of nitrogens with zero attached hydrogens (tertiary/aromatic N) is 2. The number of amides is 1. The van der Waals surface area contributed by atoms with Crippen LogP contribution < -0.4 is 11.1 Å². The summed E-state index contributed by atoms with van der Waals surface area (Å²) in [5, 5.41) is 7.51. The number of anilines is 1. The van der Waals surface area contributed by atoms with Gasteiger partial charge in [0.1, 0.15) is 11.4 Å². The molecule has 0 spiro atoms. The Morgan fingerprint density at radius 1 is 1.59 bits per heavy atom. The number of hydrogen-bond donors (Lipinski definition) is 2. The van der Waals surface area contributed by atoms with Crippen molar-refractivity contribution in [1.82, 2.24) is 9.78 Å². The fourth-order valence-electron chi connectivity index (χ4n) is 2.27. The van der Waals surface area contributed by atoms with E-state index in [1.807, 2.05) is 11.6 Å². The van der Waals surface area contributed by atoms with Gasteiger partial charge in [0.05, 0.1) is 11.7 Å². The molecule has 2 rings (SSSR count). The van der Waals surface area contributed by atoms with E-state index in [4.69, 9.17) is 5.73 Å². The van der Waals surface area contributed by atoms with E-state index < -0.39 is 5.91 Å². The number of nitrogens with one attached hydrogen (secondary N) is 1. The largest absolute Gasteiger partial charge is 0.365 e. The first-order valence-electron chi connectivity index (χ1n) is 5.75. The van der Waals surface area contributed by atoms with Gasteiger partial charge >= 0.3 is 0 Å². The zero-order valence-electron chi connectivity index (χ0n) is 10.7. The molecule has 0 aliphatic carbocycles. The highest BCUT2D eigenvalue weighted by atomic mass is 16.1. The van der Waals surface area contributed by atoms with Crippen LogP contribution in [0.25, 0.3) is 0 Å². The quantitative estimate of drug-likeness (QED) is 0.819. The highest BCUT2D eigenvalue weighted by Crippen LogP contribution is 2.38. The topological polar surface area (TPSA) is 72.9 Å². The predicted molar refractivity (Wildman–Crippen MR) is 66.7 cm³/mol. The first-order chi connectivity index (χ1) is 7.91. The molecule has 3 N–H and O–H groups in total. The third-order valence-electron chi connectivity index (χ3n) is 3.87. The average molecular weight is 234 g/mol. The van der Waals surface area contributed by atoms with E-state index in [1.165, 1.54) is 11.8 Å². The number of rotatable bonds is 2. The second kappa shape index (κ2) is 3.61. The summed E-state index contributed by atoms with van der Waals surface area (Å²) in [6.07, 6.45) is 2.44. The van der Waals surface area contributed by atoms with E-state index in [-0.39, 0.29) is 5.54 Å². The highest BCUT2D eigenvalue weighted by Gasteiger charge is 2.36. The van der Waals surface area contributed by atoms with E-state index in [1.54, 1.807) is 0 Å². The summed E-state index contributed by atoms with van der Waals surface area (Å²) in [7, 11) is 0. The molecule has 1 aliphatic rings. The zero-order valence-corrected chi connectivity index (χ0v) is 10.7. The normalized spacial score (nSPS) is 23.3. The van der Waals surface area contributed by atoms with Crippen LogP contribution in [0.1, 0.15) is 44.5 Å². The minimum atomic E-state index is -0.454. The van der Waals surface area contributed by atoms with Crippen LogP contribution in [0.4, 0.5) is 5.82 Å². The molecule has 17 heavy (non-hydrogen) atoms. The van der Waals surface area contributed by atoms with Gasteiger partial charge in [-0.05, 0) is 32.8 Å². The number of fused-ring (bicyclic) bond motifs is 1. The number of allylic oxidation sites excluding steroid dienone is 2. The summed E-state index contributed by atoms with van der Waals surface area (Å²) in [6, 6.07) is 0.